The highest BCUT2D eigenvalue weighted by Gasteiger charge is 2.09. The van der Waals surface area contributed by atoms with Gasteiger partial charge in [-0.3, -0.25) is 4.79 Å². The molecule has 0 aliphatic carbocycles. The van der Waals surface area contributed by atoms with Crippen molar-refractivity contribution >= 4 is 21.7 Å². The molecule has 0 aliphatic rings. The lowest BCUT2D eigenvalue weighted by Crippen LogP contribution is -2.01. The van der Waals surface area contributed by atoms with Crippen molar-refractivity contribution in [2.24, 2.45) is 0 Å². The van der Waals surface area contributed by atoms with Gasteiger partial charge in [-0.05, 0) is 43.5 Å². The summed E-state index contributed by atoms with van der Waals surface area (Å²) < 4.78 is 1.07. The summed E-state index contributed by atoms with van der Waals surface area (Å²) in [5.41, 5.74) is 3.04. The van der Waals surface area contributed by atoms with E-state index in [1.165, 1.54) is 0 Å². The fraction of sp³-hybridized carbons (Fsp3) is 0.417. The quantitative estimate of drug-likeness (QED) is 0.744. The Morgan fingerprint density at radius 1 is 1.29 bits per heavy atom. The topological polar surface area (TPSA) is 17.1 Å². The van der Waals surface area contributed by atoms with Crippen LogP contribution in [0.4, 0.5) is 0 Å². The third kappa shape index (κ3) is 2.44. The highest BCUT2D eigenvalue weighted by atomic mass is 79.9. The summed E-state index contributed by atoms with van der Waals surface area (Å²) >= 11 is 3.46. The maximum absolute atomic E-state index is 11.7. The normalized spacial score (nSPS) is 10.3. The number of aryl methyl sites for hydroxylation is 2. The van der Waals surface area contributed by atoms with Gasteiger partial charge in [0.25, 0.3) is 0 Å². The van der Waals surface area contributed by atoms with Crippen LogP contribution in [0.15, 0.2) is 16.6 Å². The minimum Gasteiger partial charge on any atom is -0.294 e. The molecule has 0 bridgehead atoms. The average Bonchev–Trinajstić information content (AvgIpc) is 2.11. The molecule has 0 heterocycles. The summed E-state index contributed by atoms with van der Waals surface area (Å²) in [6, 6.07) is 3.98. The zero-order valence-electron chi connectivity index (χ0n) is 8.86. The number of hydrogen-bond acceptors (Lipinski definition) is 1. The lowest BCUT2D eigenvalue weighted by Gasteiger charge is -2.07. The SMILES string of the molecule is CCCC(=O)c1cc(C)c(Br)cc1C. The van der Waals surface area contributed by atoms with E-state index >= 15 is 0 Å². The first-order chi connectivity index (χ1) is 6.56. The van der Waals surface area contributed by atoms with Gasteiger partial charge in [0, 0.05) is 16.5 Å². The molecule has 14 heavy (non-hydrogen) atoms. The molecule has 1 nitrogen and oxygen atoms in total. The number of rotatable bonds is 3. The molecule has 0 N–H and O–H groups in total. The average molecular weight is 255 g/mol. The fourth-order valence-corrected chi connectivity index (χ4v) is 1.90. The van der Waals surface area contributed by atoms with E-state index in [1.807, 2.05) is 32.9 Å². The molecule has 2 heteroatoms. The van der Waals surface area contributed by atoms with Crippen LogP contribution in [0.1, 0.15) is 41.3 Å². The Bertz CT molecular complexity index is 356. The van der Waals surface area contributed by atoms with Gasteiger partial charge in [0.15, 0.2) is 5.78 Å². The molecule has 0 atom stereocenters. The number of ketones is 1. The zero-order chi connectivity index (χ0) is 10.7. The third-order valence-electron chi connectivity index (χ3n) is 2.28. The standard InChI is InChI=1S/C12H15BrO/c1-4-5-12(14)10-6-9(3)11(13)7-8(10)2/h6-7H,4-5H2,1-3H3. The molecule has 0 radical (unpaired) electrons. The van der Waals surface area contributed by atoms with Crippen molar-refractivity contribution in [3.63, 3.8) is 0 Å². The summed E-state index contributed by atoms with van der Waals surface area (Å²) in [6.45, 7) is 6.01. The summed E-state index contributed by atoms with van der Waals surface area (Å²) in [7, 11) is 0. The predicted molar refractivity (Wildman–Crippen MR) is 62.9 cm³/mol. The second-order valence-corrected chi connectivity index (χ2v) is 4.44. The molecule has 1 rings (SSSR count). The molecule has 0 aliphatic heterocycles. The number of Topliss-reactive ketones (excluding diaryl/α,β-unsaturated/α-hetero) is 1. The van der Waals surface area contributed by atoms with Crippen molar-refractivity contribution in [1.82, 2.24) is 0 Å². The largest absolute Gasteiger partial charge is 0.294 e. The summed E-state index contributed by atoms with van der Waals surface area (Å²) in [6.07, 6.45) is 1.55. The Morgan fingerprint density at radius 3 is 2.50 bits per heavy atom. The fourth-order valence-electron chi connectivity index (χ4n) is 1.44. The van der Waals surface area contributed by atoms with Crippen LogP contribution in [-0.4, -0.2) is 5.78 Å². The Balaban J connectivity index is 3.09. The molecule has 0 saturated carbocycles. The lowest BCUT2D eigenvalue weighted by atomic mass is 10.00. The van der Waals surface area contributed by atoms with Crippen LogP contribution < -0.4 is 0 Å². The van der Waals surface area contributed by atoms with Gasteiger partial charge >= 0.3 is 0 Å². The van der Waals surface area contributed by atoms with Gasteiger partial charge in [0.1, 0.15) is 0 Å². The highest BCUT2D eigenvalue weighted by molar-refractivity contribution is 9.10. The summed E-state index contributed by atoms with van der Waals surface area (Å²) in [5, 5.41) is 0. The zero-order valence-corrected chi connectivity index (χ0v) is 10.4. The van der Waals surface area contributed by atoms with E-state index in [2.05, 4.69) is 15.9 Å². The first-order valence-electron chi connectivity index (χ1n) is 4.86. The van der Waals surface area contributed by atoms with E-state index in [4.69, 9.17) is 0 Å². The smallest absolute Gasteiger partial charge is 0.163 e. The van der Waals surface area contributed by atoms with E-state index < -0.39 is 0 Å². The monoisotopic (exact) mass is 254 g/mol. The number of carbonyl (C=O) groups excluding carboxylic acids is 1. The Kier molecular flexibility index (Phi) is 3.87. The van der Waals surface area contributed by atoms with Crippen LogP contribution in [0.3, 0.4) is 0 Å². The van der Waals surface area contributed by atoms with E-state index in [-0.39, 0.29) is 5.78 Å². The highest BCUT2D eigenvalue weighted by Crippen LogP contribution is 2.22. The number of carbonyl (C=O) groups is 1. The minimum atomic E-state index is 0.251. The molecule has 0 fully saturated rings. The van der Waals surface area contributed by atoms with E-state index in [0.717, 1.165) is 27.6 Å². The van der Waals surface area contributed by atoms with E-state index in [9.17, 15) is 4.79 Å². The molecule has 76 valence electrons. The predicted octanol–water partition coefficient (Wildman–Crippen LogP) is 4.05. The third-order valence-corrected chi connectivity index (χ3v) is 3.14. The van der Waals surface area contributed by atoms with Gasteiger partial charge in [-0.1, -0.05) is 22.9 Å². The van der Waals surface area contributed by atoms with E-state index in [1.54, 1.807) is 0 Å². The van der Waals surface area contributed by atoms with Gasteiger partial charge in [-0.25, -0.2) is 0 Å². The van der Waals surface area contributed by atoms with E-state index in [0.29, 0.717) is 6.42 Å². The molecule has 1 aromatic carbocycles. The molecule has 0 unspecified atom stereocenters. The van der Waals surface area contributed by atoms with Crippen molar-refractivity contribution in [2.75, 3.05) is 0 Å². The molecule has 0 saturated heterocycles. The van der Waals surface area contributed by atoms with Crippen molar-refractivity contribution in [3.05, 3.63) is 33.3 Å². The van der Waals surface area contributed by atoms with Crippen LogP contribution in [0, 0.1) is 13.8 Å². The van der Waals surface area contributed by atoms with Crippen LogP contribution in [0.5, 0.6) is 0 Å². The van der Waals surface area contributed by atoms with Crippen molar-refractivity contribution in [2.45, 2.75) is 33.6 Å². The summed E-state index contributed by atoms with van der Waals surface area (Å²) in [5.74, 6) is 0.251. The maximum atomic E-state index is 11.7. The van der Waals surface area contributed by atoms with Gasteiger partial charge in [-0.2, -0.15) is 0 Å². The number of benzene rings is 1. The van der Waals surface area contributed by atoms with Gasteiger partial charge in [-0.15, -0.1) is 0 Å². The van der Waals surface area contributed by atoms with Crippen molar-refractivity contribution in [1.29, 1.82) is 0 Å². The molecule has 1 aromatic rings. The number of halogens is 1. The van der Waals surface area contributed by atoms with Gasteiger partial charge < -0.3 is 0 Å². The van der Waals surface area contributed by atoms with Crippen LogP contribution in [-0.2, 0) is 0 Å². The number of hydrogen-bond donors (Lipinski definition) is 0. The van der Waals surface area contributed by atoms with Crippen LogP contribution >= 0.6 is 15.9 Å². The Hall–Kier alpha value is -0.630. The Morgan fingerprint density at radius 2 is 1.93 bits per heavy atom. The molecular weight excluding hydrogens is 240 g/mol. The van der Waals surface area contributed by atoms with Crippen molar-refractivity contribution < 1.29 is 4.79 Å². The van der Waals surface area contributed by atoms with Crippen molar-refractivity contribution in [3.8, 4) is 0 Å². The van der Waals surface area contributed by atoms with Gasteiger partial charge in [0.05, 0.1) is 0 Å². The van der Waals surface area contributed by atoms with Crippen LogP contribution in [0.2, 0.25) is 0 Å². The molecule has 0 aromatic heterocycles. The molecular formula is C12H15BrO. The van der Waals surface area contributed by atoms with Crippen LogP contribution in [0.25, 0.3) is 0 Å². The lowest BCUT2D eigenvalue weighted by molar-refractivity contribution is 0.0981. The minimum absolute atomic E-state index is 0.251. The second kappa shape index (κ2) is 4.74. The first kappa shape index (κ1) is 11.4. The van der Waals surface area contributed by atoms with Gasteiger partial charge in [0.2, 0.25) is 0 Å². The second-order valence-electron chi connectivity index (χ2n) is 3.59. The molecule has 0 amide bonds. The first-order valence-corrected chi connectivity index (χ1v) is 5.65. The Labute approximate surface area is 93.7 Å². The molecule has 0 spiro atoms. The maximum Gasteiger partial charge on any atom is 0.163 e. The summed E-state index contributed by atoms with van der Waals surface area (Å²) in [4.78, 5) is 11.7.